The van der Waals surface area contributed by atoms with Gasteiger partial charge in [-0.2, -0.15) is 0 Å². The number of nitrogens with one attached hydrogen (secondary N) is 1. The van der Waals surface area contributed by atoms with Crippen LogP contribution in [0.3, 0.4) is 0 Å². The van der Waals surface area contributed by atoms with E-state index in [1.54, 1.807) is 36.4 Å². The molecular formula is C21H24ClNO3S. The molecule has 0 unspecified atom stereocenters. The summed E-state index contributed by atoms with van der Waals surface area (Å²) >= 11 is 5.86. The second kappa shape index (κ2) is 8.44. The Bertz CT molecular complexity index is 884. The molecule has 6 heteroatoms. The Morgan fingerprint density at radius 2 is 1.59 bits per heavy atom. The third-order valence-corrected chi connectivity index (χ3v) is 6.61. The van der Waals surface area contributed by atoms with Crippen molar-refractivity contribution in [1.29, 1.82) is 0 Å². The van der Waals surface area contributed by atoms with E-state index in [1.165, 1.54) is 11.8 Å². The molecule has 0 spiro atoms. The first-order chi connectivity index (χ1) is 12.8. The summed E-state index contributed by atoms with van der Waals surface area (Å²) < 4.78 is 23.1. The highest BCUT2D eigenvalue weighted by atomic mass is 35.5. The van der Waals surface area contributed by atoms with Gasteiger partial charge in [0.1, 0.15) is 0 Å². The van der Waals surface area contributed by atoms with E-state index in [0.29, 0.717) is 28.2 Å². The Labute approximate surface area is 165 Å². The van der Waals surface area contributed by atoms with Crippen molar-refractivity contribution in [3.63, 3.8) is 0 Å². The predicted octanol–water partition coefficient (Wildman–Crippen LogP) is 5.05. The Hall–Kier alpha value is -1.85. The normalized spacial score (nSPS) is 20.2. The molecule has 0 atom stereocenters. The number of carbonyl (C=O) groups excluding carboxylic acids is 1. The molecule has 2 aromatic carbocycles. The quantitative estimate of drug-likeness (QED) is 0.757. The zero-order valence-electron chi connectivity index (χ0n) is 15.3. The Kier molecular flexibility index (Phi) is 6.22. The topological polar surface area (TPSA) is 63.2 Å². The molecule has 1 amide bonds. The van der Waals surface area contributed by atoms with Crippen molar-refractivity contribution in [2.45, 2.75) is 42.9 Å². The number of anilines is 1. The molecule has 0 radical (unpaired) electrons. The molecule has 0 aromatic heterocycles. The maximum atomic E-state index is 12.2. The van der Waals surface area contributed by atoms with E-state index in [4.69, 9.17) is 11.6 Å². The maximum Gasteiger partial charge on any atom is 0.224 e. The van der Waals surface area contributed by atoms with Gasteiger partial charge in [-0.05, 0) is 79.5 Å². The number of halogens is 1. The molecule has 1 aliphatic rings. The Morgan fingerprint density at radius 1 is 1.00 bits per heavy atom. The fourth-order valence-electron chi connectivity index (χ4n) is 3.69. The van der Waals surface area contributed by atoms with Crippen molar-refractivity contribution >= 4 is 33.0 Å². The minimum atomic E-state index is -3.15. The molecule has 1 saturated carbocycles. The van der Waals surface area contributed by atoms with Crippen molar-refractivity contribution in [3.8, 4) is 0 Å². The zero-order chi connectivity index (χ0) is 19.4. The van der Waals surface area contributed by atoms with Gasteiger partial charge in [0.25, 0.3) is 0 Å². The van der Waals surface area contributed by atoms with Crippen LogP contribution in [0.25, 0.3) is 0 Å². The lowest BCUT2D eigenvalue weighted by molar-refractivity contribution is -0.117. The Balaban J connectivity index is 1.50. The van der Waals surface area contributed by atoms with E-state index in [1.807, 2.05) is 12.1 Å². The van der Waals surface area contributed by atoms with Crippen molar-refractivity contribution in [1.82, 2.24) is 0 Å². The van der Waals surface area contributed by atoms with Crippen LogP contribution >= 0.6 is 11.6 Å². The lowest BCUT2D eigenvalue weighted by Gasteiger charge is -2.28. The molecule has 144 valence electrons. The molecule has 27 heavy (non-hydrogen) atoms. The summed E-state index contributed by atoms with van der Waals surface area (Å²) in [6, 6.07) is 14.4. The zero-order valence-corrected chi connectivity index (χ0v) is 16.9. The fourth-order valence-corrected chi connectivity index (χ4v) is 4.45. The number of carbonyl (C=O) groups is 1. The number of amides is 1. The Morgan fingerprint density at radius 3 is 2.15 bits per heavy atom. The molecule has 1 N–H and O–H groups in total. The fraction of sp³-hybridized carbons (Fsp3) is 0.381. The first-order valence-electron chi connectivity index (χ1n) is 9.17. The van der Waals surface area contributed by atoms with Gasteiger partial charge in [0, 0.05) is 23.4 Å². The molecule has 1 aliphatic carbocycles. The minimum absolute atomic E-state index is 0.0401. The third kappa shape index (κ3) is 5.56. The van der Waals surface area contributed by atoms with Crippen LogP contribution in [0.15, 0.2) is 53.4 Å². The monoisotopic (exact) mass is 405 g/mol. The average Bonchev–Trinajstić information content (AvgIpc) is 2.64. The molecule has 0 saturated heterocycles. The second-order valence-corrected chi connectivity index (χ2v) is 9.77. The van der Waals surface area contributed by atoms with Gasteiger partial charge in [0.2, 0.25) is 5.91 Å². The molecule has 4 nitrogen and oxygen atoms in total. The summed E-state index contributed by atoms with van der Waals surface area (Å²) in [5.41, 5.74) is 1.95. The third-order valence-electron chi connectivity index (χ3n) is 5.23. The lowest BCUT2D eigenvalue weighted by atomic mass is 9.77. The van der Waals surface area contributed by atoms with Crippen molar-refractivity contribution in [2.75, 3.05) is 11.6 Å². The van der Waals surface area contributed by atoms with Crippen molar-refractivity contribution < 1.29 is 13.2 Å². The van der Waals surface area contributed by atoms with Gasteiger partial charge in [0.05, 0.1) is 4.90 Å². The van der Waals surface area contributed by atoms with Crippen molar-refractivity contribution in [3.05, 3.63) is 59.1 Å². The molecule has 0 aliphatic heterocycles. The van der Waals surface area contributed by atoms with E-state index >= 15 is 0 Å². The SMILES string of the molecule is CS(=O)(=O)c1ccc([C@H]2CC[C@@H](CC(=O)Nc3ccc(Cl)cc3)CC2)cc1. The lowest BCUT2D eigenvalue weighted by Crippen LogP contribution is -2.20. The van der Waals surface area contributed by atoms with Gasteiger partial charge in [-0.1, -0.05) is 23.7 Å². The summed E-state index contributed by atoms with van der Waals surface area (Å²) in [5, 5.41) is 3.57. The molecule has 3 rings (SSSR count). The van der Waals surface area contributed by atoms with Crippen LogP contribution in [0, 0.1) is 5.92 Å². The molecular weight excluding hydrogens is 382 g/mol. The number of hydrogen-bond acceptors (Lipinski definition) is 3. The summed E-state index contributed by atoms with van der Waals surface area (Å²) in [5.74, 6) is 0.872. The van der Waals surface area contributed by atoms with E-state index < -0.39 is 9.84 Å². The van der Waals surface area contributed by atoms with Gasteiger partial charge in [0.15, 0.2) is 9.84 Å². The number of benzene rings is 2. The van der Waals surface area contributed by atoms with E-state index in [-0.39, 0.29) is 5.91 Å². The average molecular weight is 406 g/mol. The van der Waals surface area contributed by atoms with Crippen LogP contribution in [-0.4, -0.2) is 20.6 Å². The van der Waals surface area contributed by atoms with E-state index in [9.17, 15) is 13.2 Å². The first-order valence-corrected chi connectivity index (χ1v) is 11.4. The smallest absolute Gasteiger partial charge is 0.224 e. The summed E-state index contributed by atoms with van der Waals surface area (Å²) in [4.78, 5) is 12.6. The predicted molar refractivity (Wildman–Crippen MR) is 109 cm³/mol. The highest BCUT2D eigenvalue weighted by Gasteiger charge is 2.24. The van der Waals surface area contributed by atoms with Gasteiger partial charge >= 0.3 is 0 Å². The van der Waals surface area contributed by atoms with Gasteiger partial charge in [-0.25, -0.2) is 8.42 Å². The number of sulfone groups is 1. The summed E-state index contributed by atoms with van der Waals surface area (Å²) in [7, 11) is -3.15. The van der Waals surface area contributed by atoms with Gasteiger partial charge in [-0.3, -0.25) is 4.79 Å². The highest BCUT2D eigenvalue weighted by molar-refractivity contribution is 7.90. The minimum Gasteiger partial charge on any atom is -0.326 e. The van der Waals surface area contributed by atoms with Gasteiger partial charge < -0.3 is 5.32 Å². The molecule has 0 bridgehead atoms. The van der Waals surface area contributed by atoms with Crippen LogP contribution < -0.4 is 5.32 Å². The van der Waals surface area contributed by atoms with E-state index in [0.717, 1.165) is 31.4 Å². The summed E-state index contributed by atoms with van der Waals surface area (Å²) in [6.07, 6.45) is 5.82. The largest absolute Gasteiger partial charge is 0.326 e. The van der Waals surface area contributed by atoms with E-state index in [2.05, 4.69) is 5.32 Å². The summed E-state index contributed by atoms with van der Waals surface area (Å²) in [6.45, 7) is 0. The molecule has 2 aromatic rings. The highest BCUT2D eigenvalue weighted by Crippen LogP contribution is 2.37. The van der Waals surface area contributed by atoms with Crippen LogP contribution in [0.1, 0.15) is 43.6 Å². The molecule has 1 fully saturated rings. The standard InChI is InChI=1S/C21H24ClNO3S/c1-27(25,26)20-12-6-17(7-13-20)16-4-2-15(3-5-16)14-21(24)23-19-10-8-18(22)9-11-19/h6-13,15-16H,2-5,14H2,1H3,(H,23,24)/t15-,16+. The van der Waals surface area contributed by atoms with Crippen LogP contribution in [-0.2, 0) is 14.6 Å². The number of hydrogen-bond donors (Lipinski definition) is 1. The van der Waals surface area contributed by atoms with Crippen LogP contribution in [0.5, 0.6) is 0 Å². The van der Waals surface area contributed by atoms with Gasteiger partial charge in [-0.15, -0.1) is 0 Å². The number of rotatable bonds is 5. The van der Waals surface area contributed by atoms with Crippen LogP contribution in [0.4, 0.5) is 5.69 Å². The first kappa shape index (κ1) is 19.9. The molecule has 0 heterocycles. The van der Waals surface area contributed by atoms with Crippen molar-refractivity contribution in [2.24, 2.45) is 5.92 Å². The maximum absolute atomic E-state index is 12.2. The second-order valence-electron chi connectivity index (χ2n) is 7.32. The van der Waals surface area contributed by atoms with Crippen LogP contribution in [0.2, 0.25) is 5.02 Å².